The molecule has 0 aliphatic carbocycles. The normalized spacial score (nSPS) is 14.5. The van der Waals surface area contributed by atoms with Crippen LogP contribution in [0.3, 0.4) is 0 Å². The highest BCUT2D eigenvalue weighted by Crippen LogP contribution is 1.97. The monoisotopic (exact) mass is 188 g/mol. The number of likely N-dealkylation sites (N-methyl/N-ethyl adjacent to an activating group) is 1. The van der Waals surface area contributed by atoms with Gasteiger partial charge in [-0.1, -0.05) is 0 Å². The van der Waals surface area contributed by atoms with Crippen LogP contribution in [-0.4, -0.2) is 36.1 Å². The molecule has 0 aliphatic rings. The Kier molecular flexibility index (Phi) is 4.19. The lowest BCUT2D eigenvalue weighted by molar-refractivity contribution is -0.129. The second kappa shape index (κ2) is 4.66. The summed E-state index contributed by atoms with van der Waals surface area (Å²) in [5.41, 5.74) is 10.4. The average Bonchev–Trinajstić information content (AvgIpc) is 2.00. The third kappa shape index (κ3) is 3.75. The van der Waals surface area contributed by atoms with Crippen molar-refractivity contribution in [3.63, 3.8) is 0 Å². The molecule has 0 bridgehead atoms. The molecule has 0 aromatic heterocycles. The first-order chi connectivity index (χ1) is 5.86. The maximum absolute atomic E-state index is 10.9. The fourth-order valence-corrected chi connectivity index (χ4v) is 0.813. The molecular formula is C7H16N4O2. The van der Waals surface area contributed by atoms with Crippen molar-refractivity contribution in [2.75, 3.05) is 7.05 Å². The van der Waals surface area contributed by atoms with E-state index in [1.807, 2.05) is 0 Å². The number of nitrogens with zero attached hydrogens (tertiary/aromatic N) is 1. The van der Waals surface area contributed by atoms with Gasteiger partial charge in [-0.2, -0.15) is 0 Å². The van der Waals surface area contributed by atoms with E-state index in [9.17, 15) is 9.59 Å². The van der Waals surface area contributed by atoms with Crippen LogP contribution in [0.2, 0.25) is 0 Å². The minimum absolute atomic E-state index is 0.116. The smallest absolute Gasteiger partial charge is 0.313 e. The summed E-state index contributed by atoms with van der Waals surface area (Å²) >= 11 is 0. The van der Waals surface area contributed by atoms with Crippen molar-refractivity contribution in [1.29, 1.82) is 0 Å². The van der Waals surface area contributed by atoms with Crippen molar-refractivity contribution >= 4 is 11.9 Å². The minimum Gasteiger partial charge on any atom is -0.352 e. The maximum Gasteiger partial charge on any atom is 0.313 e. The van der Waals surface area contributed by atoms with E-state index in [0.717, 1.165) is 0 Å². The third-order valence-corrected chi connectivity index (χ3v) is 1.94. The lowest BCUT2D eigenvalue weighted by Crippen LogP contribution is -2.56. The van der Waals surface area contributed by atoms with Gasteiger partial charge in [0.05, 0.1) is 12.2 Å². The van der Waals surface area contributed by atoms with Crippen LogP contribution < -0.4 is 16.8 Å². The van der Waals surface area contributed by atoms with Crippen molar-refractivity contribution < 1.29 is 9.59 Å². The van der Waals surface area contributed by atoms with E-state index in [1.165, 1.54) is 11.8 Å². The first-order valence-electron chi connectivity index (χ1n) is 3.91. The lowest BCUT2D eigenvalue weighted by atomic mass is 10.2. The van der Waals surface area contributed by atoms with Crippen molar-refractivity contribution in [3.8, 4) is 0 Å². The molecule has 6 nitrogen and oxygen atoms in total. The van der Waals surface area contributed by atoms with Gasteiger partial charge in [0, 0.05) is 14.0 Å². The standard InChI is InChI=1S/C7H16N4O2/c1-4(11(3)5(2)12)6(8)10-7(9)13/h4,6H,8H2,1-3H3,(H3,9,10,13). The van der Waals surface area contributed by atoms with Crippen molar-refractivity contribution in [2.24, 2.45) is 11.5 Å². The van der Waals surface area contributed by atoms with Gasteiger partial charge in [0.2, 0.25) is 5.91 Å². The van der Waals surface area contributed by atoms with Gasteiger partial charge < -0.3 is 21.7 Å². The highest BCUT2D eigenvalue weighted by atomic mass is 16.2. The van der Waals surface area contributed by atoms with E-state index < -0.39 is 12.2 Å². The summed E-state index contributed by atoms with van der Waals surface area (Å²) in [6.45, 7) is 3.15. The Balaban J connectivity index is 4.16. The van der Waals surface area contributed by atoms with Crippen LogP contribution in [0.4, 0.5) is 4.79 Å². The number of primary amides is 1. The van der Waals surface area contributed by atoms with Crippen LogP contribution in [0.5, 0.6) is 0 Å². The molecule has 0 heterocycles. The molecule has 0 aromatic carbocycles. The van der Waals surface area contributed by atoms with E-state index in [0.29, 0.717) is 0 Å². The molecule has 13 heavy (non-hydrogen) atoms. The number of rotatable bonds is 3. The van der Waals surface area contributed by atoms with E-state index in [-0.39, 0.29) is 11.9 Å². The molecule has 2 unspecified atom stereocenters. The Hall–Kier alpha value is -1.30. The van der Waals surface area contributed by atoms with Crippen molar-refractivity contribution in [1.82, 2.24) is 10.2 Å². The fourth-order valence-electron chi connectivity index (χ4n) is 0.813. The molecule has 6 heteroatoms. The van der Waals surface area contributed by atoms with Crippen molar-refractivity contribution in [3.05, 3.63) is 0 Å². The molecule has 76 valence electrons. The molecule has 5 N–H and O–H groups in total. The first-order valence-corrected chi connectivity index (χ1v) is 3.91. The Morgan fingerprint density at radius 2 is 1.92 bits per heavy atom. The second-order valence-corrected chi connectivity index (χ2v) is 2.90. The summed E-state index contributed by atoms with van der Waals surface area (Å²) in [7, 11) is 1.61. The van der Waals surface area contributed by atoms with Crippen molar-refractivity contribution in [2.45, 2.75) is 26.1 Å². The van der Waals surface area contributed by atoms with Crippen LogP contribution in [0.15, 0.2) is 0 Å². The van der Waals surface area contributed by atoms with E-state index in [1.54, 1.807) is 14.0 Å². The van der Waals surface area contributed by atoms with E-state index in [4.69, 9.17) is 11.5 Å². The van der Waals surface area contributed by atoms with Gasteiger partial charge in [0.1, 0.15) is 0 Å². The maximum atomic E-state index is 10.9. The largest absolute Gasteiger partial charge is 0.352 e. The number of carbonyl (C=O) groups is 2. The lowest BCUT2D eigenvalue weighted by Gasteiger charge is -2.28. The van der Waals surface area contributed by atoms with E-state index >= 15 is 0 Å². The van der Waals surface area contributed by atoms with Gasteiger partial charge in [0.25, 0.3) is 0 Å². The minimum atomic E-state index is -0.698. The average molecular weight is 188 g/mol. The SMILES string of the molecule is CC(=O)N(C)C(C)C(N)NC(N)=O. The Bertz CT molecular complexity index is 207. The Morgan fingerprint density at radius 3 is 2.23 bits per heavy atom. The molecule has 0 radical (unpaired) electrons. The van der Waals surface area contributed by atoms with Crippen LogP contribution in [0, 0.1) is 0 Å². The number of hydrogen-bond donors (Lipinski definition) is 3. The molecule has 0 aromatic rings. The van der Waals surface area contributed by atoms with E-state index in [2.05, 4.69) is 5.32 Å². The molecule has 2 atom stereocenters. The number of hydrogen-bond acceptors (Lipinski definition) is 3. The molecule has 0 saturated heterocycles. The van der Waals surface area contributed by atoms with Gasteiger partial charge in [-0.3, -0.25) is 4.79 Å². The first kappa shape index (κ1) is 11.7. The summed E-state index contributed by atoms with van der Waals surface area (Å²) in [5, 5.41) is 2.30. The molecule has 0 spiro atoms. The number of nitrogens with one attached hydrogen (secondary N) is 1. The number of urea groups is 1. The quantitative estimate of drug-likeness (QED) is 0.485. The molecule has 0 saturated carbocycles. The van der Waals surface area contributed by atoms with Gasteiger partial charge in [-0.25, -0.2) is 4.79 Å². The zero-order chi connectivity index (χ0) is 10.6. The highest BCUT2D eigenvalue weighted by molar-refractivity contribution is 5.74. The number of carbonyl (C=O) groups excluding carboxylic acids is 2. The predicted molar refractivity (Wildman–Crippen MR) is 48.6 cm³/mol. The second-order valence-electron chi connectivity index (χ2n) is 2.90. The van der Waals surface area contributed by atoms with Gasteiger partial charge in [-0.15, -0.1) is 0 Å². The summed E-state index contributed by atoms with van der Waals surface area (Å²) in [6.07, 6.45) is -0.647. The van der Waals surface area contributed by atoms with Gasteiger partial charge >= 0.3 is 6.03 Å². The Labute approximate surface area is 77.2 Å². The molecule has 0 rings (SSSR count). The molecule has 0 fully saturated rings. The zero-order valence-electron chi connectivity index (χ0n) is 8.07. The van der Waals surface area contributed by atoms with Crippen LogP contribution in [0.1, 0.15) is 13.8 Å². The van der Waals surface area contributed by atoms with Gasteiger partial charge in [0.15, 0.2) is 0 Å². The predicted octanol–water partition coefficient (Wildman–Crippen LogP) is -1.19. The van der Waals surface area contributed by atoms with Crippen LogP contribution in [0.25, 0.3) is 0 Å². The highest BCUT2D eigenvalue weighted by Gasteiger charge is 2.19. The fraction of sp³-hybridized carbons (Fsp3) is 0.714. The number of nitrogens with two attached hydrogens (primary N) is 2. The third-order valence-electron chi connectivity index (χ3n) is 1.94. The van der Waals surface area contributed by atoms with Gasteiger partial charge in [-0.05, 0) is 6.92 Å². The summed E-state index contributed by atoms with van der Waals surface area (Å²) in [5.74, 6) is -0.116. The topological polar surface area (TPSA) is 101 Å². The summed E-state index contributed by atoms with van der Waals surface area (Å²) in [4.78, 5) is 22.8. The molecule has 3 amide bonds. The molecular weight excluding hydrogens is 172 g/mol. The molecule has 0 aliphatic heterocycles. The number of amides is 3. The van der Waals surface area contributed by atoms with Crippen LogP contribution in [-0.2, 0) is 4.79 Å². The summed E-state index contributed by atoms with van der Waals surface area (Å²) in [6, 6.07) is -0.985. The Morgan fingerprint density at radius 1 is 1.46 bits per heavy atom. The van der Waals surface area contributed by atoms with Crippen LogP contribution >= 0.6 is 0 Å². The summed E-state index contributed by atoms with van der Waals surface area (Å²) < 4.78 is 0. The zero-order valence-corrected chi connectivity index (χ0v) is 8.07.